The van der Waals surface area contributed by atoms with Crippen LogP contribution in [0.3, 0.4) is 0 Å². The van der Waals surface area contributed by atoms with E-state index in [2.05, 4.69) is 4.98 Å². The number of nitrogens with zero attached hydrogens (tertiary/aromatic N) is 3. The van der Waals surface area contributed by atoms with Crippen molar-refractivity contribution in [2.75, 3.05) is 17.7 Å². The summed E-state index contributed by atoms with van der Waals surface area (Å²) in [5.41, 5.74) is 2.39. The smallest absolute Gasteiger partial charge is 0.254 e. The maximum Gasteiger partial charge on any atom is 0.254 e. The lowest BCUT2D eigenvalue weighted by Gasteiger charge is -2.28. The van der Waals surface area contributed by atoms with E-state index < -0.39 is 0 Å². The number of aromatic nitrogens is 1. The van der Waals surface area contributed by atoms with Crippen molar-refractivity contribution in [3.63, 3.8) is 0 Å². The van der Waals surface area contributed by atoms with Crippen LogP contribution in [0.1, 0.15) is 21.7 Å². The molecule has 0 atom stereocenters. The number of anilines is 1. The average molecular weight is 393 g/mol. The first-order valence-electron chi connectivity index (χ1n) is 8.87. The summed E-state index contributed by atoms with van der Waals surface area (Å²) in [5, 5.41) is 0.869. The van der Waals surface area contributed by atoms with E-state index in [0.29, 0.717) is 24.4 Å². The third-order valence-electron chi connectivity index (χ3n) is 4.54. The van der Waals surface area contributed by atoms with Gasteiger partial charge in [-0.3, -0.25) is 9.59 Å². The van der Waals surface area contributed by atoms with Gasteiger partial charge in [0, 0.05) is 18.8 Å². The third kappa shape index (κ3) is 3.80. The minimum absolute atomic E-state index is 0.0591. The lowest BCUT2D eigenvalue weighted by Crippen LogP contribution is -2.35. The van der Waals surface area contributed by atoms with Crippen LogP contribution in [0.2, 0.25) is 0 Å². The van der Waals surface area contributed by atoms with Crippen molar-refractivity contribution in [1.29, 1.82) is 0 Å². The number of hydrogen-bond acceptors (Lipinski definition) is 5. The second-order valence-corrected chi connectivity index (χ2v) is 7.50. The summed E-state index contributed by atoms with van der Waals surface area (Å²) in [7, 11) is 1.74. The molecule has 1 aliphatic heterocycles. The molecule has 142 valence electrons. The Kier molecular flexibility index (Phi) is 5.16. The standard InChI is InChI=1S/C21H19N3O3S/c1-23(13-17-4-3-11-27-17)21(26)16-8-6-15(7-9-16)12-24-18-5-2-10-22-20(18)28-14-19(24)25/h2-11H,12-14H2,1H3. The van der Waals surface area contributed by atoms with Gasteiger partial charge in [-0.1, -0.05) is 23.9 Å². The van der Waals surface area contributed by atoms with Crippen LogP contribution in [0.5, 0.6) is 0 Å². The van der Waals surface area contributed by atoms with E-state index in [4.69, 9.17) is 4.42 Å². The number of pyridine rings is 1. The van der Waals surface area contributed by atoms with Crippen molar-refractivity contribution in [1.82, 2.24) is 9.88 Å². The molecule has 3 heterocycles. The normalized spacial score (nSPS) is 13.3. The summed E-state index contributed by atoms with van der Waals surface area (Å²) in [6, 6.07) is 14.8. The van der Waals surface area contributed by atoms with Gasteiger partial charge in [-0.25, -0.2) is 4.98 Å². The number of carbonyl (C=O) groups excluding carboxylic acids is 2. The Labute approximate surface area is 167 Å². The van der Waals surface area contributed by atoms with Gasteiger partial charge in [-0.15, -0.1) is 0 Å². The van der Waals surface area contributed by atoms with Crippen LogP contribution in [0.4, 0.5) is 5.69 Å². The molecule has 6 nitrogen and oxygen atoms in total. The molecule has 4 rings (SSSR count). The molecule has 0 saturated heterocycles. The predicted molar refractivity (Wildman–Crippen MR) is 107 cm³/mol. The van der Waals surface area contributed by atoms with Crippen molar-refractivity contribution < 1.29 is 14.0 Å². The number of fused-ring (bicyclic) bond motifs is 1. The second kappa shape index (κ2) is 7.90. The van der Waals surface area contributed by atoms with Crippen molar-refractivity contribution in [2.45, 2.75) is 18.1 Å². The minimum atomic E-state index is -0.0806. The third-order valence-corrected chi connectivity index (χ3v) is 5.52. The summed E-state index contributed by atoms with van der Waals surface area (Å²) < 4.78 is 5.29. The Morgan fingerprint density at radius 1 is 1.21 bits per heavy atom. The summed E-state index contributed by atoms with van der Waals surface area (Å²) in [6.45, 7) is 0.867. The Balaban J connectivity index is 1.46. The number of amides is 2. The summed E-state index contributed by atoms with van der Waals surface area (Å²) >= 11 is 1.46. The van der Waals surface area contributed by atoms with Gasteiger partial charge in [0.15, 0.2) is 0 Å². The molecule has 0 N–H and O–H groups in total. The molecule has 3 aromatic rings. The van der Waals surface area contributed by atoms with Crippen LogP contribution in [0.25, 0.3) is 0 Å². The highest BCUT2D eigenvalue weighted by Gasteiger charge is 2.25. The number of thioether (sulfide) groups is 1. The molecular formula is C21H19N3O3S. The molecular weight excluding hydrogens is 374 g/mol. The lowest BCUT2D eigenvalue weighted by atomic mass is 10.1. The number of rotatable bonds is 5. The fourth-order valence-electron chi connectivity index (χ4n) is 3.08. The maximum atomic E-state index is 12.6. The number of benzene rings is 1. The zero-order chi connectivity index (χ0) is 19.5. The first kappa shape index (κ1) is 18.3. The van der Waals surface area contributed by atoms with E-state index in [1.54, 1.807) is 47.5 Å². The molecule has 0 fully saturated rings. The molecule has 0 radical (unpaired) electrons. The molecule has 1 aromatic carbocycles. The van der Waals surface area contributed by atoms with E-state index in [9.17, 15) is 9.59 Å². The van der Waals surface area contributed by atoms with Crippen molar-refractivity contribution in [3.05, 3.63) is 77.9 Å². The molecule has 0 saturated carbocycles. The Morgan fingerprint density at radius 3 is 2.79 bits per heavy atom. The van der Waals surface area contributed by atoms with Gasteiger partial charge in [0.1, 0.15) is 10.8 Å². The van der Waals surface area contributed by atoms with Crippen LogP contribution in [0.15, 0.2) is 70.4 Å². The highest BCUT2D eigenvalue weighted by molar-refractivity contribution is 8.00. The van der Waals surface area contributed by atoms with Crippen molar-refractivity contribution in [2.24, 2.45) is 0 Å². The fraction of sp³-hybridized carbons (Fsp3) is 0.190. The zero-order valence-corrected chi connectivity index (χ0v) is 16.2. The quantitative estimate of drug-likeness (QED) is 0.663. The topological polar surface area (TPSA) is 66.7 Å². The van der Waals surface area contributed by atoms with E-state index in [1.807, 2.05) is 30.3 Å². The molecule has 2 aromatic heterocycles. The number of furan rings is 1. The van der Waals surface area contributed by atoms with Crippen LogP contribution in [0, 0.1) is 0 Å². The van der Waals surface area contributed by atoms with E-state index in [0.717, 1.165) is 22.0 Å². The Morgan fingerprint density at radius 2 is 2.04 bits per heavy atom. The van der Waals surface area contributed by atoms with Crippen LogP contribution >= 0.6 is 11.8 Å². The predicted octanol–water partition coefficient (Wildman–Crippen LogP) is 3.59. The second-order valence-electron chi connectivity index (χ2n) is 6.53. The number of hydrogen-bond donors (Lipinski definition) is 0. The monoisotopic (exact) mass is 393 g/mol. The van der Waals surface area contributed by atoms with Gasteiger partial charge < -0.3 is 14.2 Å². The van der Waals surface area contributed by atoms with Gasteiger partial charge in [0.25, 0.3) is 5.91 Å². The highest BCUT2D eigenvalue weighted by Crippen LogP contribution is 2.34. The average Bonchev–Trinajstić information content (AvgIpc) is 3.23. The molecule has 0 aliphatic carbocycles. The van der Waals surface area contributed by atoms with Gasteiger partial charge in [0.2, 0.25) is 5.91 Å². The Bertz CT molecular complexity index is 986. The zero-order valence-electron chi connectivity index (χ0n) is 15.4. The van der Waals surface area contributed by atoms with E-state index in [1.165, 1.54) is 11.8 Å². The summed E-state index contributed by atoms with van der Waals surface area (Å²) in [6.07, 6.45) is 3.33. The van der Waals surface area contributed by atoms with Crippen LogP contribution in [-0.2, 0) is 17.9 Å². The maximum absolute atomic E-state index is 12.6. The van der Waals surface area contributed by atoms with Gasteiger partial charge in [-0.2, -0.15) is 0 Å². The molecule has 7 heteroatoms. The molecule has 0 unspecified atom stereocenters. The van der Waals surface area contributed by atoms with E-state index >= 15 is 0 Å². The molecule has 2 amide bonds. The molecule has 1 aliphatic rings. The summed E-state index contributed by atoms with van der Waals surface area (Å²) in [5.74, 6) is 1.10. The van der Waals surface area contributed by atoms with Crippen molar-refractivity contribution >= 4 is 29.3 Å². The largest absolute Gasteiger partial charge is 0.467 e. The van der Waals surface area contributed by atoms with E-state index in [-0.39, 0.29) is 11.8 Å². The van der Waals surface area contributed by atoms with Gasteiger partial charge in [-0.05, 0) is 42.0 Å². The first-order chi connectivity index (χ1) is 13.6. The molecule has 0 bridgehead atoms. The van der Waals surface area contributed by atoms with Gasteiger partial charge in [0.05, 0.1) is 30.8 Å². The van der Waals surface area contributed by atoms with Crippen LogP contribution < -0.4 is 4.90 Å². The SMILES string of the molecule is CN(Cc1ccco1)C(=O)c1ccc(CN2C(=O)CSc3ncccc32)cc1. The van der Waals surface area contributed by atoms with Crippen molar-refractivity contribution in [3.8, 4) is 0 Å². The van der Waals surface area contributed by atoms with Crippen LogP contribution in [-0.4, -0.2) is 34.5 Å². The van der Waals surface area contributed by atoms with Gasteiger partial charge >= 0.3 is 0 Å². The summed E-state index contributed by atoms with van der Waals surface area (Å²) in [4.78, 5) is 32.7. The Hall–Kier alpha value is -3.06. The molecule has 0 spiro atoms. The molecule has 28 heavy (non-hydrogen) atoms. The fourth-order valence-corrected chi connectivity index (χ4v) is 3.96. The minimum Gasteiger partial charge on any atom is -0.467 e. The lowest BCUT2D eigenvalue weighted by molar-refractivity contribution is -0.116. The first-order valence-corrected chi connectivity index (χ1v) is 9.85. The highest BCUT2D eigenvalue weighted by atomic mass is 32.2. The number of carbonyl (C=O) groups is 2.